The van der Waals surface area contributed by atoms with Gasteiger partial charge >= 0.3 is 0 Å². The molecule has 0 spiro atoms. The van der Waals surface area contributed by atoms with Crippen LogP contribution in [0.25, 0.3) is 27.8 Å². The maximum Gasteiger partial charge on any atom is 0.144 e. The molecule has 0 aliphatic carbocycles. The van der Waals surface area contributed by atoms with Crippen molar-refractivity contribution < 1.29 is 4.74 Å². The minimum absolute atomic E-state index is 0.397. The van der Waals surface area contributed by atoms with E-state index < -0.39 is 0 Å². The van der Waals surface area contributed by atoms with Crippen LogP contribution < -0.4 is 11.6 Å². The van der Waals surface area contributed by atoms with Gasteiger partial charge in [-0.3, -0.25) is 4.98 Å². The maximum absolute atomic E-state index is 9.33. The number of hydrazine groups is 1. The fraction of sp³-hybridized carbons (Fsp3) is 0.381. The first-order valence-corrected chi connectivity index (χ1v) is 9.71. The van der Waals surface area contributed by atoms with Gasteiger partial charge in [0.2, 0.25) is 0 Å². The van der Waals surface area contributed by atoms with E-state index in [0.29, 0.717) is 17.3 Å². The van der Waals surface area contributed by atoms with Crippen molar-refractivity contribution in [3.05, 3.63) is 41.4 Å². The van der Waals surface area contributed by atoms with Crippen LogP contribution in [0, 0.1) is 17.2 Å². The van der Waals surface area contributed by atoms with E-state index in [2.05, 4.69) is 21.7 Å². The molecule has 150 valence electrons. The molecule has 4 heterocycles. The van der Waals surface area contributed by atoms with Crippen molar-refractivity contribution in [1.29, 1.82) is 5.26 Å². The molecule has 3 aromatic heterocycles. The van der Waals surface area contributed by atoms with Crippen LogP contribution in [-0.4, -0.2) is 39.8 Å². The number of ether oxygens (including phenoxy) is 1. The van der Waals surface area contributed by atoms with E-state index in [-0.39, 0.29) is 0 Å². The highest BCUT2D eigenvalue weighted by atomic mass is 16.5. The molecule has 0 unspecified atom stereocenters. The minimum atomic E-state index is 0.397. The lowest BCUT2D eigenvalue weighted by Gasteiger charge is -2.23. The molecule has 1 aliphatic rings. The van der Waals surface area contributed by atoms with E-state index >= 15 is 0 Å². The van der Waals surface area contributed by atoms with E-state index in [1.165, 1.54) is 5.01 Å². The third-order valence-electron chi connectivity index (χ3n) is 5.44. The highest BCUT2D eigenvalue weighted by molar-refractivity contribution is 6.04. The number of rotatable bonds is 4. The molecule has 0 radical (unpaired) electrons. The molecule has 0 bridgehead atoms. The fourth-order valence-corrected chi connectivity index (χ4v) is 4.09. The van der Waals surface area contributed by atoms with Crippen molar-refractivity contribution in [2.75, 3.05) is 20.3 Å². The lowest BCUT2D eigenvalue weighted by molar-refractivity contribution is 0.0619. The first kappa shape index (κ1) is 19.2. The number of nitrogens with zero attached hydrogens (tertiary/aromatic N) is 5. The zero-order chi connectivity index (χ0) is 20.5. The van der Waals surface area contributed by atoms with Gasteiger partial charge in [0.05, 0.1) is 16.7 Å². The molecule has 4 N–H and O–H groups in total. The summed E-state index contributed by atoms with van der Waals surface area (Å²) in [5.74, 6) is 6.50. The number of aromatic nitrogens is 3. The van der Waals surface area contributed by atoms with Crippen molar-refractivity contribution in [3.63, 3.8) is 0 Å². The fourth-order valence-electron chi connectivity index (χ4n) is 4.09. The number of nitrogens with two attached hydrogens (primary N) is 2. The molecular formula is C21H25N7O. The Hall–Kier alpha value is -3.15. The van der Waals surface area contributed by atoms with Gasteiger partial charge in [-0.05, 0) is 43.9 Å². The van der Waals surface area contributed by atoms with Crippen LogP contribution in [0.4, 0.5) is 0 Å². The molecule has 8 nitrogen and oxygen atoms in total. The molecule has 3 aromatic rings. The van der Waals surface area contributed by atoms with Crippen LogP contribution in [0.2, 0.25) is 0 Å². The molecule has 8 heteroatoms. The van der Waals surface area contributed by atoms with Crippen LogP contribution in [0.15, 0.2) is 30.1 Å². The van der Waals surface area contributed by atoms with Crippen molar-refractivity contribution >= 4 is 27.8 Å². The van der Waals surface area contributed by atoms with Gasteiger partial charge in [-0.1, -0.05) is 0 Å². The van der Waals surface area contributed by atoms with Crippen LogP contribution in [-0.2, 0) is 11.3 Å². The Kier molecular flexibility index (Phi) is 5.09. The standard InChI is InChI=1S/C21H25N7O/c1-13(23)20(27(2)24)15-9-18-19(25-11-15)17-4-3-16(10-22)26-21(17)28(18)12-14-5-7-29-8-6-14/h3-4,9,11,14H,5-8,12,23-24H2,1-2H3/b20-13-. The van der Waals surface area contributed by atoms with Gasteiger partial charge in [0.15, 0.2) is 0 Å². The maximum atomic E-state index is 9.33. The number of hydrogen-bond donors (Lipinski definition) is 2. The van der Waals surface area contributed by atoms with Crippen LogP contribution >= 0.6 is 0 Å². The summed E-state index contributed by atoms with van der Waals surface area (Å²) in [7, 11) is 1.76. The predicted molar refractivity (Wildman–Crippen MR) is 112 cm³/mol. The largest absolute Gasteiger partial charge is 0.401 e. The molecule has 1 fully saturated rings. The smallest absolute Gasteiger partial charge is 0.144 e. The minimum Gasteiger partial charge on any atom is -0.401 e. The summed E-state index contributed by atoms with van der Waals surface area (Å²) in [6.45, 7) is 4.18. The number of hydrogen-bond acceptors (Lipinski definition) is 7. The summed E-state index contributed by atoms with van der Waals surface area (Å²) < 4.78 is 7.69. The molecule has 1 aliphatic heterocycles. The second kappa shape index (κ2) is 7.70. The van der Waals surface area contributed by atoms with E-state index in [0.717, 1.165) is 65.9 Å². The average Bonchev–Trinajstić information content (AvgIpc) is 3.01. The summed E-state index contributed by atoms with van der Waals surface area (Å²) in [6.07, 6.45) is 3.80. The van der Waals surface area contributed by atoms with Crippen LogP contribution in [0.5, 0.6) is 0 Å². The second-order valence-electron chi connectivity index (χ2n) is 7.58. The summed E-state index contributed by atoms with van der Waals surface area (Å²) in [4.78, 5) is 9.32. The third kappa shape index (κ3) is 3.50. The zero-order valence-electron chi connectivity index (χ0n) is 16.7. The average molecular weight is 391 g/mol. The van der Waals surface area contributed by atoms with E-state index in [1.54, 1.807) is 19.3 Å². The van der Waals surface area contributed by atoms with Gasteiger partial charge in [-0.2, -0.15) is 5.26 Å². The number of allylic oxidation sites excluding steroid dienone is 1. The zero-order valence-corrected chi connectivity index (χ0v) is 16.7. The Morgan fingerprint density at radius 1 is 1.38 bits per heavy atom. The normalized spacial score (nSPS) is 16.1. The van der Waals surface area contributed by atoms with Crippen LogP contribution in [0.1, 0.15) is 31.0 Å². The quantitative estimate of drug-likeness (QED) is 0.517. The first-order chi connectivity index (χ1) is 14.0. The van der Waals surface area contributed by atoms with Gasteiger partial charge in [-0.15, -0.1) is 0 Å². The van der Waals surface area contributed by atoms with Crippen molar-refractivity contribution in [1.82, 2.24) is 19.5 Å². The molecule has 29 heavy (non-hydrogen) atoms. The van der Waals surface area contributed by atoms with Crippen molar-refractivity contribution in [2.45, 2.75) is 26.3 Å². The van der Waals surface area contributed by atoms with Gasteiger partial charge in [0.25, 0.3) is 0 Å². The summed E-state index contributed by atoms with van der Waals surface area (Å²) in [5.41, 5.74) is 11.3. The summed E-state index contributed by atoms with van der Waals surface area (Å²) >= 11 is 0. The van der Waals surface area contributed by atoms with Crippen molar-refractivity contribution in [2.24, 2.45) is 17.5 Å². The van der Waals surface area contributed by atoms with Gasteiger partial charge in [0, 0.05) is 49.6 Å². The van der Waals surface area contributed by atoms with Crippen molar-refractivity contribution in [3.8, 4) is 6.07 Å². The Morgan fingerprint density at radius 3 is 2.79 bits per heavy atom. The Balaban J connectivity index is 1.94. The molecule has 0 saturated carbocycles. The van der Waals surface area contributed by atoms with Crippen LogP contribution in [0.3, 0.4) is 0 Å². The summed E-state index contributed by atoms with van der Waals surface area (Å²) in [6, 6.07) is 7.86. The SMILES string of the molecule is C/C(N)=C(\c1cnc2c3ccc(C#N)nc3n(CC3CCOCC3)c2c1)N(C)N. The third-order valence-corrected chi connectivity index (χ3v) is 5.44. The molecule has 0 amide bonds. The molecule has 4 rings (SSSR count). The lowest BCUT2D eigenvalue weighted by atomic mass is 10.0. The number of pyridine rings is 2. The molecule has 0 atom stereocenters. The highest BCUT2D eigenvalue weighted by Gasteiger charge is 2.21. The Labute approximate surface area is 169 Å². The Morgan fingerprint density at radius 2 is 2.14 bits per heavy atom. The topological polar surface area (TPSA) is 119 Å². The predicted octanol–water partition coefficient (Wildman–Crippen LogP) is 2.34. The Bertz CT molecular complexity index is 1130. The lowest BCUT2D eigenvalue weighted by Crippen LogP contribution is -2.26. The number of fused-ring (bicyclic) bond motifs is 3. The first-order valence-electron chi connectivity index (χ1n) is 9.71. The highest BCUT2D eigenvalue weighted by Crippen LogP contribution is 2.31. The van der Waals surface area contributed by atoms with Gasteiger partial charge in [-0.25, -0.2) is 10.8 Å². The number of nitriles is 1. The van der Waals surface area contributed by atoms with E-state index in [1.807, 2.05) is 13.0 Å². The van der Waals surface area contributed by atoms with E-state index in [4.69, 9.17) is 21.3 Å². The second-order valence-corrected chi connectivity index (χ2v) is 7.58. The van der Waals surface area contributed by atoms with E-state index in [9.17, 15) is 5.26 Å². The molecule has 0 aromatic carbocycles. The van der Waals surface area contributed by atoms with Gasteiger partial charge in [0.1, 0.15) is 17.4 Å². The molecule has 1 saturated heterocycles. The van der Waals surface area contributed by atoms with Gasteiger partial charge < -0.3 is 20.0 Å². The summed E-state index contributed by atoms with van der Waals surface area (Å²) in [5, 5.41) is 11.8. The monoisotopic (exact) mass is 391 g/mol. The molecular weight excluding hydrogens is 366 g/mol.